The van der Waals surface area contributed by atoms with Crippen molar-refractivity contribution in [1.29, 1.82) is 0 Å². The Kier molecular flexibility index (Phi) is 4.10. The highest BCUT2D eigenvalue weighted by Gasteiger charge is 2.25. The molecule has 1 unspecified atom stereocenters. The number of rotatable bonds is 2. The number of nitrogens with two attached hydrogens (primary N) is 1. The van der Waals surface area contributed by atoms with Crippen LogP contribution in [0.25, 0.3) is 0 Å². The maximum atomic E-state index is 12.2. The molecule has 3 N–H and O–H groups in total. The number of hydrogen-bond acceptors (Lipinski definition) is 5. The van der Waals surface area contributed by atoms with Crippen LogP contribution in [0, 0.1) is 0 Å². The van der Waals surface area contributed by atoms with Gasteiger partial charge in [0.25, 0.3) is 0 Å². The van der Waals surface area contributed by atoms with Gasteiger partial charge >= 0.3 is 6.03 Å². The normalized spacial score (nSPS) is 22.4. The van der Waals surface area contributed by atoms with E-state index in [1.54, 1.807) is 6.20 Å². The summed E-state index contributed by atoms with van der Waals surface area (Å²) in [6, 6.07) is 3.94. The molecule has 3 rings (SSSR count). The number of nitrogen functional groups attached to an aromatic ring is 1. The molecule has 0 aliphatic carbocycles. The van der Waals surface area contributed by atoms with Crippen LogP contribution in [-0.4, -0.2) is 61.3 Å². The third-order valence-corrected chi connectivity index (χ3v) is 3.92. The van der Waals surface area contributed by atoms with Crippen molar-refractivity contribution in [2.24, 2.45) is 0 Å². The minimum absolute atomic E-state index is 0.00964. The Morgan fingerprint density at radius 2 is 2.14 bits per heavy atom. The summed E-state index contributed by atoms with van der Waals surface area (Å²) in [4.78, 5) is 20.5. The summed E-state index contributed by atoms with van der Waals surface area (Å²) in [6.45, 7) is 4.33. The summed E-state index contributed by atoms with van der Waals surface area (Å²) in [7, 11) is 0. The van der Waals surface area contributed by atoms with E-state index in [4.69, 9.17) is 10.5 Å². The summed E-state index contributed by atoms with van der Waals surface area (Å²) in [5, 5.41) is 3.02. The van der Waals surface area contributed by atoms with Gasteiger partial charge in [0, 0.05) is 32.8 Å². The van der Waals surface area contributed by atoms with Crippen LogP contribution in [0.4, 0.5) is 16.3 Å². The van der Waals surface area contributed by atoms with Crippen molar-refractivity contribution in [2.75, 3.05) is 50.0 Å². The van der Waals surface area contributed by atoms with E-state index in [0.717, 1.165) is 31.9 Å². The lowest BCUT2D eigenvalue weighted by Crippen LogP contribution is -2.53. The Balaban J connectivity index is 1.50. The number of carbonyl (C=O) groups is 1. The van der Waals surface area contributed by atoms with Crippen LogP contribution < -0.4 is 16.0 Å². The quantitative estimate of drug-likeness (QED) is 0.818. The van der Waals surface area contributed by atoms with E-state index in [9.17, 15) is 4.79 Å². The van der Waals surface area contributed by atoms with Gasteiger partial charge in [0.1, 0.15) is 5.82 Å². The zero-order chi connectivity index (χ0) is 14.7. The number of ether oxygens (including phenoxy) is 1. The predicted octanol–water partition coefficient (Wildman–Crippen LogP) is 0.284. The van der Waals surface area contributed by atoms with E-state index in [1.165, 1.54) is 0 Å². The second-order valence-electron chi connectivity index (χ2n) is 5.43. The Morgan fingerprint density at radius 3 is 2.76 bits per heavy atom. The first kappa shape index (κ1) is 13.9. The molecule has 114 valence electrons. The number of amides is 2. The topological polar surface area (TPSA) is 83.7 Å². The zero-order valence-electron chi connectivity index (χ0n) is 12.0. The van der Waals surface area contributed by atoms with Crippen molar-refractivity contribution in [3.05, 3.63) is 18.3 Å². The van der Waals surface area contributed by atoms with Crippen LogP contribution in [0.15, 0.2) is 18.3 Å². The molecule has 0 spiro atoms. The van der Waals surface area contributed by atoms with E-state index < -0.39 is 0 Å². The van der Waals surface area contributed by atoms with Crippen molar-refractivity contribution in [3.63, 3.8) is 0 Å². The Bertz CT molecular complexity index is 479. The van der Waals surface area contributed by atoms with Gasteiger partial charge < -0.3 is 25.6 Å². The van der Waals surface area contributed by atoms with Gasteiger partial charge in [0.15, 0.2) is 0 Å². The van der Waals surface area contributed by atoms with E-state index in [1.807, 2.05) is 17.0 Å². The number of urea groups is 1. The number of aromatic nitrogens is 1. The van der Waals surface area contributed by atoms with E-state index in [0.29, 0.717) is 25.4 Å². The van der Waals surface area contributed by atoms with Crippen LogP contribution in [0.1, 0.15) is 6.42 Å². The first-order valence-corrected chi connectivity index (χ1v) is 7.32. The summed E-state index contributed by atoms with van der Waals surface area (Å²) in [5.41, 5.74) is 6.31. The number of piperazine rings is 1. The van der Waals surface area contributed by atoms with Gasteiger partial charge in [-0.1, -0.05) is 0 Å². The summed E-state index contributed by atoms with van der Waals surface area (Å²) >= 11 is 0. The molecule has 3 heterocycles. The van der Waals surface area contributed by atoms with Crippen molar-refractivity contribution < 1.29 is 9.53 Å². The molecule has 21 heavy (non-hydrogen) atoms. The molecule has 1 aromatic heterocycles. The molecule has 1 aromatic rings. The smallest absolute Gasteiger partial charge is 0.317 e. The molecular formula is C14H21N5O2. The molecule has 2 aliphatic rings. The van der Waals surface area contributed by atoms with Crippen LogP contribution in [0.3, 0.4) is 0 Å². The molecule has 2 saturated heterocycles. The molecule has 2 fully saturated rings. The number of nitrogens with one attached hydrogen (secondary N) is 1. The standard InChI is InChI=1S/C14H21N5O2/c15-11-1-2-13(16-9-11)18-4-6-19(7-5-18)14(20)17-12-3-8-21-10-12/h1-2,9,12H,3-8,10,15H2,(H,17,20). The highest BCUT2D eigenvalue weighted by atomic mass is 16.5. The van der Waals surface area contributed by atoms with Crippen molar-refractivity contribution in [1.82, 2.24) is 15.2 Å². The lowest BCUT2D eigenvalue weighted by Gasteiger charge is -2.35. The highest BCUT2D eigenvalue weighted by molar-refractivity contribution is 5.75. The SMILES string of the molecule is Nc1ccc(N2CCN(C(=O)NC3CCOC3)CC2)nc1. The molecule has 0 aromatic carbocycles. The van der Waals surface area contributed by atoms with Gasteiger partial charge in [-0.15, -0.1) is 0 Å². The van der Waals surface area contributed by atoms with Crippen LogP contribution in [0.2, 0.25) is 0 Å². The van der Waals surface area contributed by atoms with Crippen LogP contribution in [0.5, 0.6) is 0 Å². The summed E-state index contributed by atoms with van der Waals surface area (Å²) in [6.07, 6.45) is 2.57. The van der Waals surface area contributed by atoms with Crippen LogP contribution in [-0.2, 0) is 4.74 Å². The molecule has 7 heteroatoms. The van der Waals surface area contributed by atoms with Gasteiger partial charge in [-0.2, -0.15) is 0 Å². The first-order chi connectivity index (χ1) is 10.2. The number of pyridine rings is 1. The third kappa shape index (κ3) is 3.36. The summed E-state index contributed by atoms with van der Waals surface area (Å²) in [5.74, 6) is 0.911. The third-order valence-electron chi connectivity index (χ3n) is 3.92. The van der Waals surface area contributed by atoms with E-state index in [2.05, 4.69) is 15.2 Å². The fourth-order valence-electron chi connectivity index (χ4n) is 2.64. The maximum absolute atomic E-state index is 12.2. The molecule has 0 saturated carbocycles. The maximum Gasteiger partial charge on any atom is 0.317 e. The Morgan fingerprint density at radius 1 is 1.33 bits per heavy atom. The van der Waals surface area contributed by atoms with Gasteiger partial charge in [-0.05, 0) is 18.6 Å². The predicted molar refractivity (Wildman–Crippen MR) is 80.2 cm³/mol. The Labute approximate surface area is 124 Å². The fourth-order valence-corrected chi connectivity index (χ4v) is 2.64. The summed E-state index contributed by atoms with van der Waals surface area (Å²) < 4.78 is 5.27. The lowest BCUT2D eigenvalue weighted by molar-refractivity contribution is 0.176. The molecular weight excluding hydrogens is 270 g/mol. The Hall–Kier alpha value is -2.02. The molecule has 7 nitrogen and oxygen atoms in total. The minimum atomic E-state index is 0.00964. The molecule has 0 bridgehead atoms. The van der Waals surface area contributed by atoms with Crippen molar-refractivity contribution in [2.45, 2.75) is 12.5 Å². The average molecular weight is 291 g/mol. The molecule has 0 radical (unpaired) electrons. The largest absolute Gasteiger partial charge is 0.397 e. The van der Waals surface area contributed by atoms with E-state index in [-0.39, 0.29) is 12.1 Å². The number of carbonyl (C=O) groups excluding carboxylic acids is 1. The second kappa shape index (κ2) is 6.17. The highest BCUT2D eigenvalue weighted by Crippen LogP contribution is 2.15. The monoisotopic (exact) mass is 291 g/mol. The number of nitrogens with zero attached hydrogens (tertiary/aromatic N) is 3. The average Bonchev–Trinajstić information content (AvgIpc) is 3.01. The molecule has 2 amide bonds. The zero-order valence-corrected chi connectivity index (χ0v) is 12.0. The van der Waals surface area contributed by atoms with E-state index >= 15 is 0 Å². The van der Waals surface area contributed by atoms with Gasteiger partial charge in [0.2, 0.25) is 0 Å². The number of anilines is 2. The molecule has 1 atom stereocenters. The lowest BCUT2D eigenvalue weighted by atomic mass is 10.2. The first-order valence-electron chi connectivity index (χ1n) is 7.32. The minimum Gasteiger partial charge on any atom is -0.397 e. The van der Waals surface area contributed by atoms with Gasteiger partial charge in [-0.25, -0.2) is 9.78 Å². The van der Waals surface area contributed by atoms with Gasteiger partial charge in [-0.3, -0.25) is 0 Å². The van der Waals surface area contributed by atoms with Crippen molar-refractivity contribution >= 4 is 17.5 Å². The van der Waals surface area contributed by atoms with Crippen LogP contribution >= 0.6 is 0 Å². The second-order valence-corrected chi connectivity index (χ2v) is 5.43. The molecule has 2 aliphatic heterocycles. The fraction of sp³-hybridized carbons (Fsp3) is 0.571. The van der Waals surface area contributed by atoms with Gasteiger partial charge in [0.05, 0.1) is 24.5 Å². The number of hydrogen-bond donors (Lipinski definition) is 2. The van der Waals surface area contributed by atoms with Crippen molar-refractivity contribution in [3.8, 4) is 0 Å².